The quantitative estimate of drug-likeness (QED) is 0.677. The van der Waals surface area contributed by atoms with Crippen molar-refractivity contribution in [3.63, 3.8) is 0 Å². The molecule has 0 spiro atoms. The van der Waals surface area contributed by atoms with Crippen molar-refractivity contribution in [3.05, 3.63) is 24.0 Å². The number of nitrogens with two attached hydrogens (primary N) is 1. The number of aromatic nitrogens is 1. The summed E-state index contributed by atoms with van der Waals surface area (Å²) in [5, 5.41) is 9.47. The van der Waals surface area contributed by atoms with E-state index < -0.39 is 0 Å². The van der Waals surface area contributed by atoms with E-state index in [2.05, 4.69) is 4.98 Å². The second kappa shape index (κ2) is 3.86. The Hall–Kier alpha value is -1.62. The number of hydrogen-bond acceptors (Lipinski definition) is 4. The molecule has 1 unspecified atom stereocenters. The Balaban J connectivity index is 2.18. The highest BCUT2D eigenvalue weighted by atomic mass is 16.3. The molecule has 80 valence electrons. The number of nitrogens with zero attached hydrogens (tertiary/aromatic N) is 2. The zero-order chi connectivity index (χ0) is 10.8. The fourth-order valence-corrected chi connectivity index (χ4v) is 1.71. The van der Waals surface area contributed by atoms with Gasteiger partial charge in [0.25, 0.3) is 5.91 Å². The van der Waals surface area contributed by atoms with Crippen LogP contribution >= 0.6 is 0 Å². The minimum absolute atomic E-state index is 0.0536. The Morgan fingerprint density at radius 1 is 1.67 bits per heavy atom. The summed E-state index contributed by atoms with van der Waals surface area (Å²) in [5.41, 5.74) is 6.00. The van der Waals surface area contributed by atoms with Crippen molar-refractivity contribution < 1.29 is 9.90 Å². The van der Waals surface area contributed by atoms with Crippen LogP contribution in [0.15, 0.2) is 18.5 Å². The lowest BCUT2D eigenvalue weighted by Gasteiger charge is -2.15. The predicted molar refractivity (Wildman–Crippen MR) is 54.4 cm³/mol. The van der Waals surface area contributed by atoms with E-state index in [1.165, 1.54) is 18.5 Å². The van der Waals surface area contributed by atoms with Crippen molar-refractivity contribution in [1.29, 1.82) is 0 Å². The van der Waals surface area contributed by atoms with Crippen molar-refractivity contribution in [1.82, 2.24) is 9.88 Å². The highest BCUT2D eigenvalue weighted by Crippen LogP contribution is 2.18. The van der Waals surface area contributed by atoms with Gasteiger partial charge in [0, 0.05) is 25.3 Å². The Morgan fingerprint density at radius 2 is 2.47 bits per heavy atom. The van der Waals surface area contributed by atoms with Crippen LogP contribution in [0, 0.1) is 0 Å². The Labute approximate surface area is 87.5 Å². The molecular formula is C10H13N3O2. The molecule has 5 nitrogen and oxygen atoms in total. The number of carbonyl (C=O) groups excluding carboxylic acids is 1. The summed E-state index contributed by atoms with van der Waals surface area (Å²) in [5.74, 6) is -0.258. The van der Waals surface area contributed by atoms with Gasteiger partial charge >= 0.3 is 0 Å². The van der Waals surface area contributed by atoms with Crippen LogP contribution in [-0.4, -0.2) is 40.0 Å². The maximum absolute atomic E-state index is 11.9. The van der Waals surface area contributed by atoms with Crippen molar-refractivity contribution in [2.45, 2.75) is 12.5 Å². The fraction of sp³-hybridized carbons (Fsp3) is 0.400. The number of pyridine rings is 1. The van der Waals surface area contributed by atoms with Crippen LogP contribution in [0.5, 0.6) is 5.75 Å². The summed E-state index contributed by atoms with van der Waals surface area (Å²) in [6.45, 7) is 1.21. The minimum atomic E-state index is -0.178. The average Bonchev–Trinajstić information content (AvgIpc) is 2.65. The smallest absolute Gasteiger partial charge is 0.257 e. The molecule has 1 fully saturated rings. The molecule has 3 N–H and O–H groups in total. The minimum Gasteiger partial charge on any atom is -0.505 e. The molecule has 0 aromatic carbocycles. The largest absolute Gasteiger partial charge is 0.505 e. The Kier molecular flexibility index (Phi) is 2.55. The summed E-state index contributed by atoms with van der Waals surface area (Å²) in [6.07, 6.45) is 3.57. The Bertz CT molecular complexity index is 381. The number of carbonyl (C=O) groups is 1. The second-order valence-corrected chi connectivity index (χ2v) is 3.69. The fourth-order valence-electron chi connectivity index (χ4n) is 1.71. The molecule has 0 radical (unpaired) electrons. The maximum atomic E-state index is 11.9. The lowest BCUT2D eigenvalue weighted by atomic mass is 10.2. The molecular weight excluding hydrogens is 194 g/mol. The molecule has 0 bridgehead atoms. The molecule has 1 aromatic heterocycles. The summed E-state index contributed by atoms with van der Waals surface area (Å²) in [7, 11) is 0. The number of rotatable bonds is 1. The van der Waals surface area contributed by atoms with E-state index >= 15 is 0 Å². The van der Waals surface area contributed by atoms with E-state index in [0.717, 1.165) is 6.42 Å². The third kappa shape index (κ3) is 1.92. The SMILES string of the molecule is NC1CCN(C(=O)c2ccncc2O)C1. The first kappa shape index (κ1) is 9.92. The first-order valence-electron chi connectivity index (χ1n) is 4.86. The highest BCUT2D eigenvalue weighted by molar-refractivity contribution is 5.96. The van der Waals surface area contributed by atoms with Crippen LogP contribution in [0.4, 0.5) is 0 Å². The number of aromatic hydroxyl groups is 1. The molecule has 1 atom stereocenters. The van der Waals surface area contributed by atoms with Gasteiger partial charge in [-0.2, -0.15) is 0 Å². The van der Waals surface area contributed by atoms with E-state index in [1.807, 2.05) is 0 Å². The van der Waals surface area contributed by atoms with Crippen molar-refractivity contribution >= 4 is 5.91 Å². The third-order valence-electron chi connectivity index (χ3n) is 2.54. The van der Waals surface area contributed by atoms with Crippen LogP contribution in [0.1, 0.15) is 16.8 Å². The third-order valence-corrected chi connectivity index (χ3v) is 2.54. The van der Waals surface area contributed by atoms with Crippen LogP contribution < -0.4 is 5.73 Å². The predicted octanol–water partition coefficient (Wildman–Crippen LogP) is -0.0396. The first-order valence-corrected chi connectivity index (χ1v) is 4.86. The average molecular weight is 207 g/mol. The van der Waals surface area contributed by atoms with Gasteiger partial charge in [0.05, 0.1) is 11.8 Å². The normalized spacial score (nSPS) is 20.6. The molecule has 15 heavy (non-hydrogen) atoms. The van der Waals surface area contributed by atoms with Crippen LogP contribution in [-0.2, 0) is 0 Å². The standard InChI is InChI=1S/C10H13N3O2/c11-7-2-4-13(6-7)10(15)8-1-3-12-5-9(8)14/h1,3,5,7,14H,2,4,6,11H2. The van der Waals surface area contributed by atoms with E-state index in [0.29, 0.717) is 18.7 Å². The summed E-state index contributed by atoms with van der Waals surface area (Å²) in [6, 6.07) is 1.57. The van der Waals surface area contributed by atoms with Crippen LogP contribution in [0.2, 0.25) is 0 Å². The van der Waals surface area contributed by atoms with E-state index in [4.69, 9.17) is 5.73 Å². The summed E-state index contributed by atoms with van der Waals surface area (Å²) >= 11 is 0. The Morgan fingerprint density at radius 3 is 3.07 bits per heavy atom. The van der Waals surface area contributed by atoms with Gasteiger partial charge in [-0.3, -0.25) is 9.78 Å². The van der Waals surface area contributed by atoms with Crippen LogP contribution in [0.3, 0.4) is 0 Å². The van der Waals surface area contributed by atoms with Crippen molar-refractivity contribution in [2.24, 2.45) is 5.73 Å². The van der Waals surface area contributed by atoms with Crippen molar-refractivity contribution in [2.75, 3.05) is 13.1 Å². The van der Waals surface area contributed by atoms with E-state index in [9.17, 15) is 9.90 Å². The highest BCUT2D eigenvalue weighted by Gasteiger charge is 2.25. The molecule has 5 heteroatoms. The molecule has 2 heterocycles. The zero-order valence-corrected chi connectivity index (χ0v) is 8.26. The van der Waals surface area contributed by atoms with Crippen molar-refractivity contribution in [3.8, 4) is 5.75 Å². The zero-order valence-electron chi connectivity index (χ0n) is 8.26. The lowest BCUT2D eigenvalue weighted by molar-refractivity contribution is 0.0787. The molecule has 1 amide bonds. The van der Waals surface area contributed by atoms with E-state index in [-0.39, 0.29) is 17.7 Å². The molecule has 1 aromatic rings. The second-order valence-electron chi connectivity index (χ2n) is 3.69. The van der Waals surface area contributed by atoms with Gasteiger partial charge in [0.15, 0.2) is 0 Å². The van der Waals surface area contributed by atoms with Crippen LogP contribution in [0.25, 0.3) is 0 Å². The number of amides is 1. The summed E-state index contributed by atoms with van der Waals surface area (Å²) in [4.78, 5) is 17.3. The first-order chi connectivity index (χ1) is 7.18. The number of hydrogen-bond donors (Lipinski definition) is 2. The monoisotopic (exact) mass is 207 g/mol. The van der Waals surface area contributed by atoms with E-state index in [1.54, 1.807) is 4.90 Å². The van der Waals surface area contributed by atoms with Gasteiger partial charge in [0.1, 0.15) is 5.75 Å². The molecule has 1 aliphatic rings. The van der Waals surface area contributed by atoms with Gasteiger partial charge < -0.3 is 15.7 Å². The summed E-state index contributed by atoms with van der Waals surface area (Å²) < 4.78 is 0. The number of likely N-dealkylation sites (tertiary alicyclic amines) is 1. The van der Waals surface area contributed by atoms with Gasteiger partial charge in [-0.1, -0.05) is 0 Å². The molecule has 0 aliphatic carbocycles. The topological polar surface area (TPSA) is 79.5 Å². The molecule has 0 saturated carbocycles. The molecule has 2 rings (SSSR count). The van der Waals surface area contributed by atoms with Gasteiger partial charge in [-0.15, -0.1) is 0 Å². The lowest BCUT2D eigenvalue weighted by Crippen LogP contribution is -2.31. The molecule has 1 aliphatic heterocycles. The van der Waals surface area contributed by atoms with Gasteiger partial charge in [-0.25, -0.2) is 0 Å². The molecule has 1 saturated heterocycles. The van der Waals surface area contributed by atoms with Gasteiger partial charge in [0.2, 0.25) is 0 Å². The van der Waals surface area contributed by atoms with Gasteiger partial charge in [-0.05, 0) is 12.5 Å². The maximum Gasteiger partial charge on any atom is 0.257 e.